The topological polar surface area (TPSA) is 72.2 Å². The van der Waals surface area contributed by atoms with Gasteiger partial charge in [-0.25, -0.2) is 13.1 Å². The van der Waals surface area contributed by atoms with Crippen LogP contribution < -0.4 is 10.5 Å². The predicted molar refractivity (Wildman–Crippen MR) is 79.2 cm³/mol. The molecule has 3 N–H and O–H groups in total. The minimum atomic E-state index is -3.75. The van der Waals surface area contributed by atoms with Crippen molar-refractivity contribution in [3.05, 3.63) is 44.6 Å². The Balaban J connectivity index is 2.23. The fourth-order valence-electron chi connectivity index (χ4n) is 1.49. The van der Waals surface area contributed by atoms with Crippen molar-refractivity contribution >= 4 is 50.2 Å². The predicted octanol–water partition coefficient (Wildman–Crippen LogP) is 3.12. The number of nitrogens with two attached hydrogens (primary N) is 1. The second-order valence-corrected chi connectivity index (χ2v) is 7.60. The van der Waals surface area contributed by atoms with Crippen LogP contribution in [0.4, 0.5) is 5.69 Å². The van der Waals surface area contributed by atoms with Crippen molar-refractivity contribution in [2.75, 3.05) is 5.73 Å². The first kappa shape index (κ1) is 14.6. The van der Waals surface area contributed by atoms with Gasteiger partial charge in [-0.15, -0.1) is 11.3 Å². The molecule has 0 bridgehead atoms. The summed E-state index contributed by atoms with van der Waals surface area (Å²) >= 11 is 13.0. The molecule has 0 fully saturated rings. The number of sulfonamides is 1. The molecular formula is C11H10Cl2N2O2S2. The van der Waals surface area contributed by atoms with E-state index >= 15 is 0 Å². The van der Waals surface area contributed by atoms with Crippen LogP contribution >= 0.6 is 34.5 Å². The van der Waals surface area contributed by atoms with Gasteiger partial charge in [0.05, 0.1) is 15.0 Å². The fraction of sp³-hybridized carbons (Fsp3) is 0.0909. The summed E-state index contributed by atoms with van der Waals surface area (Å²) in [5, 5.41) is 0.0942. The van der Waals surface area contributed by atoms with E-state index in [1.807, 2.05) is 0 Å². The molecule has 0 saturated carbocycles. The number of halogens is 2. The van der Waals surface area contributed by atoms with E-state index in [0.29, 0.717) is 4.34 Å². The molecule has 0 unspecified atom stereocenters. The van der Waals surface area contributed by atoms with Gasteiger partial charge >= 0.3 is 0 Å². The molecule has 0 atom stereocenters. The lowest BCUT2D eigenvalue weighted by Crippen LogP contribution is -2.24. The highest BCUT2D eigenvalue weighted by atomic mass is 35.5. The maximum atomic E-state index is 12.2. The Labute approximate surface area is 125 Å². The van der Waals surface area contributed by atoms with Crippen LogP contribution in [0.15, 0.2) is 35.2 Å². The molecule has 1 heterocycles. The number of nitrogen functional groups attached to an aromatic ring is 1. The third-order valence-corrected chi connectivity index (χ3v) is 5.51. The van der Waals surface area contributed by atoms with Gasteiger partial charge in [-0.1, -0.05) is 29.3 Å². The van der Waals surface area contributed by atoms with Gasteiger partial charge < -0.3 is 5.73 Å². The number of thiophene rings is 1. The summed E-state index contributed by atoms with van der Waals surface area (Å²) in [7, 11) is -3.75. The molecule has 0 spiro atoms. The van der Waals surface area contributed by atoms with E-state index in [9.17, 15) is 8.42 Å². The van der Waals surface area contributed by atoms with E-state index in [1.54, 1.807) is 18.2 Å². The molecule has 8 heteroatoms. The summed E-state index contributed by atoms with van der Waals surface area (Å²) < 4.78 is 27.3. The third kappa shape index (κ3) is 3.40. The Morgan fingerprint density at radius 1 is 1.21 bits per heavy atom. The average molecular weight is 337 g/mol. The maximum absolute atomic E-state index is 12.2. The van der Waals surface area contributed by atoms with Crippen LogP contribution in [0.1, 0.15) is 4.88 Å². The van der Waals surface area contributed by atoms with Gasteiger partial charge in [0.15, 0.2) is 0 Å². The molecule has 0 amide bonds. The zero-order valence-electron chi connectivity index (χ0n) is 9.56. The monoisotopic (exact) mass is 336 g/mol. The van der Waals surface area contributed by atoms with Crippen LogP contribution in [0.2, 0.25) is 9.36 Å². The number of anilines is 1. The van der Waals surface area contributed by atoms with E-state index in [4.69, 9.17) is 28.9 Å². The van der Waals surface area contributed by atoms with Gasteiger partial charge in [0.1, 0.15) is 4.90 Å². The normalized spacial score (nSPS) is 11.7. The van der Waals surface area contributed by atoms with Crippen molar-refractivity contribution in [1.29, 1.82) is 0 Å². The number of hydrogen-bond donors (Lipinski definition) is 2. The maximum Gasteiger partial charge on any atom is 0.244 e. The highest BCUT2D eigenvalue weighted by Gasteiger charge is 2.20. The minimum absolute atomic E-state index is 0.0942. The van der Waals surface area contributed by atoms with Crippen LogP contribution in [-0.2, 0) is 16.6 Å². The summed E-state index contributed by atoms with van der Waals surface area (Å²) in [6.07, 6.45) is 0. The molecule has 1 aromatic carbocycles. The Bertz CT molecular complexity index is 678. The summed E-state index contributed by atoms with van der Waals surface area (Å²) in [6, 6.07) is 8.03. The number of benzene rings is 1. The molecule has 0 aliphatic carbocycles. The lowest BCUT2D eigenvalue weighted by atomic mass is 10.3. The fourth-order valence-corrected chi connectivity index (χ4v) is 4.29. The van der Waals surface area contributed by atoms with Gasteiger partial charge in [0, 0.05) is 11.4 Å². The van der Waals surface area contributed by atoms with Crippen LogP contribution in [0.5, 0.6) is 0 Å². The summed E-state index contributed by atoms with van der Waals surface area (Å²) in [5.74, 6) is 0. The van der Waals surface area contributed by atoms with E-state index in [1.165, 1.54) is 23.5 Å². The molecule has 4 nitrogen and oxygen atoms in total. The molecule has 102 valence electrons. The summed E-state index contributed by atoms with van der Waals surface area (Å²) in [4.78, 5) is 0.707. The van der Waals surface area contributed by atoms with Crippen LogP contribution in [-0.4, -0.2) is 8.42 Å². The Kier molecular flexibility index (Phi) is 4.37. The molecule has 2 aromatic rings. The van der Waals surface area contributed by atoms with Crippen molar-refractivity contribution in [1.82, 2.24) is 4.72 Å². The van der Waals surface area contributed by atoms with Crippen LogP contribution in [0, 0.1) is 0 Å². The minimum Gasteiger partial charge on any atom is -0.398 e. The molecule has 2 rings (SSSR count). The average Bonchev–Trinajstić information content (AvgIpc) is 2.72. The Morgan fingerprint density at radius 2 is 1.95 bits per heavy atom. The van der Waals surface area contributed by atoms with Gasteiger partial charge in [-0.05, 0) is 24.3 Å². The zero-order valence-corrected chi connectivity index (χ0v) is 12.7. The molecular weight excluding hydrogens is 327 g/mol. The summed E-state index contributed by atoms with van der Waals surface area (Å²) in [5.41, 5.74) is 5.77. The second kappa shape index (κ2) is 5.68. The lowest BCUT2D eigenvalue weighted by Gasteiger charge is -2.09. The second-order valence-electron chi connectivity index (χ2n) is 3.69. The Hall–Kier alpha value is -0.790. The Morgan fingerprint density at radius 3 is 2.53 bits per heavy atom. The molecule has 0 aliphatic rings. The highest BCUT2D eigenvalue weighted by Crippen LogP contribution is 2.27. The van der Waals surface area contributed by atoms with Gasteiger partial charge in [0.2, 0.25) is 10.0 Å². The first-order valence-corrected chi connectivity index (χ1v) is 8.23. The number of nitrogens with one attached hydrogen (secondary N) is 1. The molecule has 19 heavy (non-hydrogen) atoms. The number of hydrogen-bond acceptors (Lipinski definition) is 4. The van der Waals surface area contributed by atoms with Crippen molar-refractivity contribution in [3.63, 3.8) is 0 Å². The number of rotatable bonds is 4. The first-order chi connectivity index (χ1) is 8.90. The quantitative estimate of drug-likeness (QED) is 0.842. The third-order valence-electron chi connectivity index (χ3n) is 2.33. The lowest BCUT2D eigenvalue weighted by molar-refractivity contribution is 0.582. The SMILES string of the molecule is Nc1cccc(Cl)c1S(=O)(=O)NCc1ccc(Cl)s1. The van der Waals surface area contributed by atoms with Crippen LogP contribution in [0.3, 0.4) is 0 Å². The van der Waals surface area contributed by atoms with Crippen molar-refractivity contribution < 1.29 is 8.42 Å². The van der Waals surface area contributed by atoms with E-state index in [2.05, 4.69) is 4.72 Å². The first-order valence-electron chi connectivity index (χ1n) is 5.18. The molecule has 0 aliphatic heterocycles. The molecule has 0 saturated heterocycles. The largest absolute Gasteiger partial charge is 0.398 e. The molecule has 0 radical (unpaired) electrons. The van der Waals surface area contributed by atoms with E-state index in [-0.39, 0.29) is 22.2 Å². The van der Waals surface area contributed by atoms with Gasteiger partial charge in [-0.3, -0.25) is 0 Å². The highest BCUT2D eigenvalue weighted by molar-refractivity contribution is 7.89. The standard InChI is InChI=1S/C11H10Cl2N2O2S2/c12-8-2-1-3-9(14)11(8)19(16,17)15-6-7-4-5-10(13)18-7/h1-5,15H,6,14H2. The van der Waals surface area contributed by atoms with Gasteiger partial charge in [0.25, 0.3) is 0 Å². The molecule has 1 aromatic heterocycles. The smallest absolute Gasteiger partial charge is 0.244 e. The van der Waals surface area contributed by atoms with Crippen molar-refractivity contribution in [2.45, 2.75) is 11.4 Å². The van der Waals surface area contributed by atoms with E-state index in [0.717, 1.165) is 4.88 Å². The van der Waals surface area contributed by atoms with Crippen molar-refractivity contribution in [3.8, 4) is 0 Å². The van der Waals surface area contributed by atoms with Crippen LogP contribution in [0.25, 0.3) is 0 Å². The van der Waals surface area contributed by atoms with Crippen molar-refractivity contribution in [2.24, 2.45) is 0 Å². The van der Waals surface area contributed by atoms with Gasteiger partial charge in [-0.2, -0.15) is 0 Å². The zero-order chi connectivity index (χ0) is 14.0. The summed E-state index contributed by atoms with van der Waals surface area (Å²) in [6.45, 7) is 0.143. The van der Waals surface area contributed by atoms with E-state index < -0.39 is 10.0 Å².